The maximum Gasteiger partial charge on any atom is 0.252 e. The van der Waals surface area contributed by atoms with Crippen molar-refractivity contribution in [2.24, 2.45) is 0 Å². The number of rotatable bonds is 4. The molecule has 8 aromatic carbocycles. The second-order valence-electron chi connectivity index (χ2n) is 22.3. The summed E-state index contributed by atoms with van der Waals surface area (Å²) in [5.74, 6) is 0. The van der Waals surface area contributed by atoms with Crippen LogP contribution in [0.3, 0.4) is 0 Å². The van der Waals surface area contributed by atoms with Crippen molar-refractivity contribution in [1.82, 2.24) is 4.57 Å². The molecule has 0 fully saturated rings. The summed E-state index contributed by atoms with van der Waals surface area (Å²) >= 11 is 0. The van der Waals surface area contributed by atoms with Crippen LogP contribution in [0.4, 0.5) is 51.2 Å². The molecule has 0 saturated heterocycles. The van der Waals surface area contributed by atoms with Gasteiger partial charge in [-0.1, -0.05) is 150 Å². The van der Waals surface area contributed by atoms with E-state index in [0.29, 0.717) is 4.90 Å². The van der Waals surface area contributed by atoms with Gasteiger partial charge < -0.3 is 19.3 Å². The summed E-state index contributed by atoms with van der Waals surface area (Å²) in [6.07, 6.45) is 0. The van der Waals surface area contributed by atoms with Gasteiger partial charge in [0.25, 0.3) is 6.71 Å². The minimum absolute atomic E-state index is 0.00623. The molecule has 0 spiro atoms. The molecule has 12 rings (SSSR count). The maximum atomic E-state index is 10.9. The normalized spacial score (nSPS) is 19.2. The van der Waals surface area contributed by atoms with Gasteiger partial charge in [-0.25, -0.2) is 0 Å². The van der Waals surface area contributed by atoms with E-state index in [1.807, 2.05) is 0 Å². The Balaban J connectivity index is 1.38. The van der Waals surface area contributed by atoms with Gasteiger partial charge in [-0.15, -0.1) is 0 Å². The van der Waals surface area contributed by atoms with Crippen LogP contribution in [-0.2, 0) is 21.7 Å². The average Bonchev–Trinajstić information content (AvgIpc) is 1.18. The van der Waals surface area contributed by atoms with E-state index in [4.69, 9.17) is 4.11 Å². The molecule has 0 N–H and O–H groups in total. The molecule has 1 aromatic heterocycles. The second kappa shape index (κ2) is 15.0. The third-order valence-electron chi connectivity index (χ3n) is 13.0. The molecule has 5 heteroatoms. The van der Waals surface area contributed by atoms with Crippen molar-refractivity contribution in [3.8, 4) is 5.69 Å². The molecule has 0 aliphatic carbocycles. The molecule has 3 aliphatic rings. The van der Waals surface area contributed by atoms with Crippen molar-refractivity contribution in [2.75, 3.05) is 14.7 Å². The van der Waals surface area contributed by atoms with Crippen molar-refractivity contribution >= 4 is 96.1 Å². The van der Waals surface area contributed by atoms with E-state index in [-0.39, 0.29) is 107 Å². The zero-order valence-corrected chi connectivity index (χ0v) is 41.4. The van der Waals surface area contributed by atoms with Gasteiger partial charge in [0.1, 0.15) is 0 Å². The van der Waals surface area contributed by atoms with E-state index in [2.05, 4.69) is 0 Å². The smallest absolute Gasteiger partial charge is 0.252 e. The fourth-order valence-corrected chi connectivity index (χ4v) is 9.44. The van der Waals surface area contributed by atoms with Gasteiger partial charge in [-0.05, 0) is 163 Å². The standard InChI is InChI=1S/C65H65BN4/c1-40-34-56-59-57(35-40)70-58-38-44(65(11,12)13)37-50-49-36-43(64(8,9)10)26-33-53(49)69(60(50)58)54-21-17-20-52(61(54)70)66(59)51-32-31-48(39-55(51)68(56)45-18-15-14-16-19-45)67(46-27-22-41(23-28-46)62(2,3)4)47-29-24-42(25-30-47)63(5,6)7/h14-39H,1-13H3/i14D,15D,16D,17D,18D,19D,20D,21D,22D,23D,24D,25D,26D,27D,28D,29D,30D,31D,32D,33D,34D,35D,36D,37D,38D,39D. The van der Waals surface area contributed by atoms with Crippen LogP contribution in [0.1, 0.15) is 147 Å². The number of para-hydroxylation sites is 2. The average molecular weight is 939 g/mol. The predicted molar refractivity (Wildman–Crippen MR) is 303 cm³/mol. The zero-order chi connectivity index (χ0) is 71.6. The number of fused-ring (bicyclic) bond motifs is 9. The topological polar surface area (TPSA) is 14.7 Å². The summed E-state index contributed by atoms with van der Waals surface area (Å²) in [6, 6.07) is -19.0. The van der Waals surface area contributed by atoms with Crippen LogP contribution in [0.25, 0.3) is 27.5 Å². The number of benzene rings is 8. The van der Waals surface area contributed by atoms with Gasteiger partial charge in [0.15, 0.2) is 0 Å². The number of hydrogen-bond donors (Lipinski definition) is 0. The summed E-state index contributed by atoms with van der Waals surface area (Å²) in [4.78, 5) is 2.93. The lowest BCUT2D eigenvalue weighted by Gasteiger charge is -2.46. The van der Waals surface area contributed by atoms with E-state index >= 15 is 0 Å². The molecule has 0 bridgehead atoms. The first-order chi connectivity index (χ1) is 44.1. The van der Waals surface area contributed by atoms with Crippen molar-refractivity contribution in [1.29, 1.82) is 0 Å². The highest BCUT2D eigenvalue weighted by atomic mass is 15.2. The van der Waals surface area contributed by atoms with Crippen LogP contribution in [0.15, 0.2) is 157 Å². The quantitative estimate of drug-likeness (QED) is 0.163. The fourth-order valence-electron chi connectivity index (χ4n) is 9.44. The van der Waals surface area contributed by atoms with Crippen molar-refractivity contribution in [3.63, 3.8) is 0 Å². The third-order valence-corrected chi connectivity index (χ3v) is 13.0. The van der Waals surface area contributed by atoms with Gasteiger partial charge in [-0.3, -0.25) is 0 Å². The van der Waals surface area contributed by atoms with Gasteiger partial charge in [0.05, 0.1) is 63.7 Å². The Hall–Kier alpha value is -6.98. The van der Waals surface area contributed by atoms with E-state index in [9.17, 15) is 31.5 Å². The lowest BCUT2D eigenvalue weighted by molar-refractivity contribution is 0.590. The second-order valence-corrected chi connectivity index (χ2v) is 22.3. The Kier molecular flexibility index (Phi) is 5.20. The minimum Gasteiger partial charge on any atom is -0.311 e. The summed E-state index contributed by atoms with van der Waals surface area (Å²) in [5.41, 5.74) is -11.5. The van der Waals surface area contributed by atoms with Crippen molar-refractivity contribution < 1.29 is 35.6 Å². The highest BCUT2D eigenvalue weighted by molar-refractivity contribution is 7.00. The molecule has 70 heavy (non-hydrogen) atoms. The lowest BCUT2D eigenvalue weighted by atomic mass is 9.33. The highest BCUT2D eigenvalue weighted by Gasteiger charge is 2.46. The predicted octanol–water partition coefficient (Wildman–Crippen LogP) is 16.1. The van der Waals surface area contributed by atoms with Crippen LogP contribution in [-0.4, -0.2) is 11.3 Å². The third kappa shape index (κ3) is 6.71. The minimum atomic E-state index is -1.91. The summed E-state index contributed by atoms with van der Waals surface area (Å²) in [5, 5.41) is -0.0356. The zero-order valence-electron chi connectivity index (χ0n) is 67.4. The van der Waals surface area contributed by atoms with E-state index in [1.54, 1.807) is 83.1 Å². The molecule has 4 nitrogen and oxygen atoms in total. The van der Waals surface area contributed by atoms with Crippen LogP contribution in [0, 0.1) is 6.92 Å². The van der Waals surface area contributed by atoms with E-state index in [0.717, 1.165) is 4.90 Å². The number of anilines is 9. The molecule has 0 atom stereocenters. The molecule has 3 aliphatic heterocycles. The lowest BCUT2D eigenvalue weighted by Crippen LogP contribution is -2.61. The van der Waals surface area contributed by atoms with Gasteiger partial charge in [-0.2, -0.15) is 0 Å². The first-order valence-corrected chi connectivity index (χ1v) is 23.3. The Bertz CT molecular complexity index is 5000. The Labute approximate surface area is 452 Å². The van der Waals surface area contributed by atoms with Gasteiger partial charge >= 0.3 is 0 Å². The number of nitrogens with zero attached hydrogens (tertiary/aromatic N) is 4. The number of hydrogen-bond acceptors (Lipinski definition) is 3. The molecule has 0 amide bonds. The first kappa shape index (κ1) is 24.2. The Morgan fingerprint density at radius 1 is 0.429 bits per heavy atom. The molecule has 4 heterocycles. The number of aromatic nitrogens is 1. The largest absolute Gasteiger partial charge is 0.311 e. The molecule has 0 radical (unpaired) electrons. The monoisotopic (exact) mass is 939 g/mol. The summed E-state index contributed by atoms with van der Waals surface area (Å²) < 4.78 is 258. The van der Waals surface area contributed by atoms with Crippen molar-refractivity contribution in [3.05, 3.63) is 185 Å². The SMILES string of the molecule is [2H]c1c([2H])c([2H])c(N2c3c([2H])c(N(c4c([2H])c([2H])c(C(C)(C)C)c([2H])c4[2H])c4c([2H])c([2H])c(C(C)(C)C)c([2H])c4[2H])c([2H])c([2H])c3B3c4c2c([2H])c(C)c([2H])c4N2c4c3c([2H])c([2H])c([2H])c4-n3c4c([2H])c([2H])c(C(C)(C)C)c([2H])c4c4c([2H])c(C(C)(C)C)c([2H])c2c43)c([2H])c1[2H]. The maximum absolute atomic E-state index is 10.9. The molecular weight excluding hydrogens is 848 g/mol. The molecule has 0 saturated carbocycles. The Morgan fingerprint density at radius 3 is 1.59 bits per heavy atom. The van der Waals surface area contributed by atoms with Gasteiger partial charge in [0.2, 0.25) is 0 Å². The molecule has 9 aromatic rings. The van der Waals surface area contributed by atoms with Crippen LogP contribution in [0.5, 0.6) is 0 Å². The molecule has 348 valence electrons. The summed E-state index contributed by atoms with van der Waals surface area (Å²) in [7, 11) is 0. The molecule has 0 unspecified atom stereocenters. The summed E-state index contributed by atoms with van der Waals surface area (Å²) in [6.45, 7) is 19.8. The van der Waals surface area contributed by atoms with Crippen molar-refractivity contribution in [2.45, 2.75) is 112 Å². The van der Waals surface area contributed by atoms with Crippen LogP contribution in [0.2, 0.25) is 0 Å². The van der Waals surface area contributed by atoms with Crippen LogP contribution >= 0.6 is 0 Å². The molecular formula is C65H65BN4. The first-order valence-electron chi connectivity index (χ1n) is 36.3. The Morgan fingerprint density at radius 2 is 0.986 bits per heavy atom. The van der Waals surface area contributed by atoms with Gasteiger partial charge in [0, 0.05) is 50.6 Å². The van der Waals surface area contributed by atoms with Crippen LogP contribution < -0.4 is 31.1 Å². The fraction of sp³-hybridized carbons (Fsp3) is 0.262. The van der Waals surface area contributed by atoms with E-state index in [1.165, 1.54) is 16.4 Å². The van der Waals surface area contributed by atoms with E-state index < -0.39 is 201 Å². The highest BCUT2D eigenvalue weighted by Crippen LogP contribution is 2.54.